The predicted octanol–water partition coefficient (Wildman–Crippen LogP) is 2.54. The van der Waals surface area contributed by atoms with Gasteiger partial charge in [-0.15, -0.1) is 0 Å². The van der Waals surface area contributed by atoms with Gasteiger partial charge in [0.25, 0.3) is 5.69 Å². The van der Waals surface area contributed by atoms with Crippen molar-refractivity contribution in [3.8, 4) is 5.75 Å². The summed E-state index contributed by atoms with van der Waals surface area (Å²) < 4.78 is 11.4. The highest BCUT2D eigenvalue weighted by Gasteiger charge is 2.19. The van der Waals surface area contributed by atoms with Crippen LogP contribution in [0.1, 0.15) is 6.92 Å². The fraction of sp³-hybridized carbons (Fsp3) is 0.176. The highest BCUT2D eigenvalue weighted by molar-refractivity contribution is 5.93. The van der Waals surface area contributed by atoms with Crippen LogP contribution < -0.4 is 15.8 Å². The molecule has 0 spiro atoms. The van der Waals surface area contributed by atoms with E-state index in [2.05, 4.69) is 5.32 Å². The summed E-state index contributed by atoms with van der Waals surface area (Å²) in [6.07, 6.45) is 0. The van der Waals surface area contributed by atoms with Crippen molar-refractivity contribution in [2.45, 2.75) is 13.5 Å². The minimum absolute atomic E-state index is 0.0179. The molecule has 0 aliphatic rings. The second-order valence-corrected chi connectivity index (χ2v) is 5.34. The molecule has 1 N–H and O–H groups in total. The van der Waals surface area contributed by atoms with Gasteiger partial charge >= 0.3 is 5.76 Å². The van der Waals surface area contributed by atoms with Gasteiger partial charge in [0.1, 0.15) is 18.0 Å². The molecule has 0 aliphatic carbocycles. The predicted molar refractivity (Wildman–Crippen MR) is 93.4 cm³/mol. The van der Waals surface area contributed by atoms with E-state index in [4.69, 9.17) is 9.15 Å². The van der Waals surface area contributed by atoms with Crippen LogP contribution in [-0.4, -0.2) is 22.0 Å². The van der Waals surface area contributed by atoms with Crippen molar-refractivity contribution in [3.63, 3.8) is 0 Å². The average Bonchev–Trinajstić information content (AvgIpc) is 2.92. The van der Waals surface area contributed by atoms with Crippen LogP contribution in [0.4, 0.5) is 11.4 Å². The molecule has 0 bridgehead atoms. The van der Waals surface area contributed by atoms with Crippen molar-refractivity contribution in [3.05, 3.63) is 63.1 Å². The second kappa shape index (κ2) is 7.09. The summed E-state index contributed by atoms with van der Waals surface area (Å²) in [6, 6.07) is 10.8. The lowest BCUT2D eigenvalue weighted by atomic mass is 10.2. The molecule has 3 aromatic rings. The van der Waals surface area contributed by atoms with Gasteiger partial charge in [-0.1, -0.05) is 12.1 Å². The first kappa shape index (κ1) is 17.2. The Morgan fingerprint density at radius 2 is 2.08 bits per heavy atom. The minimum Gasteiger partial charge on any atom is -0.494 e. The summed E-state index contributed by atoms with van der Waals surface area (Å²) in [7, 11) is 0. The van der Waals surface area contributed by atoms with Gasteiger partial charge in [-0.25, -0.2) is 4.79 Å². The maximum atomic E-state index is 12.3. The molecule has 3 rings (SSSR count). The molecule has 1 heterocycles. The van der Waals surface area contributed by atoms with Gasteiger partial charge in [-0.3, -0.25) is 19.5 Å². The smallest absolute Gasteiger partial charge is 0.420 e. The fourth-order valence-corrected chi connectivity index (χ4v) is 2.52. The number of rotatable bonds is 6. The van der Waals surface area contributed by atoms with E-state index in [1.807, 2.05) is 0 Å². The fourth-order valence-electron chi connectivity index (χ4n) is 2.52. The normalized spacial score (nSPS) is 10.7. The molecule has 0 saturated heterocycles. The number of nitrogens with zero attached hydrogens (tertiary/aromatic N) is 2. The largest absolute Gasteiger partial charge is 0.494 e. The molecule has 1 amide bonds. The standard InChI is InChI=1S/C17H15N3O6/c1-2-25-11-7-8-12(14(9-11)20(23)24)18-16(21)10-19-13-5-3-4-6-15(13)26-17(19)22/h3-9H,2,10H2,1H3,(H,18,21). The van der Waals surface area contributed by atoms with Crippen LogP contribution in [0.5, 0.6) is 5.75 Å². The van der Waals surface area contributed by atoms with Gasteiger partial charge in [-0.2, -0.15) is 0 Å². The molecule has 9 nitrogen and oxygen atoms in total. The van der Waals surface area contributed by atoms with Crippen LogP contribution in [0.2, 0.25) is 0 Å². The Bertz CT molecular complexity index is 1040. The number of hydrogen-bond acceptors (Lipinski definition) is 6. The Morgan fingerprint density at radius 1 is 1.31 bits per heavy atom. The van der Waals surface area contributed by atoms with Crippen molar-refractivity contribution in [1.29, 1.82) is 0 Å². The molecular weight excluding hydrogens is 342 g/mol. The number of benzene rings is 2. The van der Waals surface area contributed by atoms with Crippen LogP contribution in [0.15, 0.2) is 51.7 Å². The Morgan fingerprint density at radius 3 is 2.81 bits per heavy atom. The Kier molecular flexibility index (Phi) is 4.70. The summed E-state index contributed by atoms with van der Waals surface area (Å²) in [4.78, 5) is 34.8. The summed E-state index contributed by atoms with van der Waals surface area (Å²) in [5, 5.41) is 13.7. The van der Waals surface area contributed by atoms with Gasteiger partial charge in [-0.05, 0) is 31.2 Å². The number of aromatic nitrogens is 1. The number of para-hydroxylation sites is 2. The average molecular weight is 357 g/mol. The SMILES string of the molecule is CCOc1ccc(NC(=O)Cn2c(=O)oc3ccccc32)c([N+](=O)[O-])c1. The number of anilines is 1. The number of fused-ring (bicyclic) bond motifs is 1. The molecule has 0 aliphatic heterocycles. The van der Waals surface area contributed by atoms with Crippen LogP contribution >= 0.6 is 0 Å². The van der Waals surface area contributed by atoms with E-state index in [1.54, 1.807) is 31.2 Å². The van der Waals surface area contributed by atoms with Crippen LogP contribution in [-0.2, 0) is 11.3 Å². The summed E-state index contributed by atoms with van der Waals surface area (Å²) in [5.41, 5.74) is 0.546. The first-order valence-corrected chi connectivity index (χ1v) is 7.79. The molecule has 0 fully saturated rings. The van der Waals surface area contributed by atoms with Gasteiger partial charge < -0.3 is 14.5 Å². The summed E-state index contributed by atoms with van der Waals surface area (Å²) in [5.74, 6) is -0.942. The molecule has 1 aromatic heterocycles. The van der Waals surface area contributed by atoms with Gasteiger partial charge in [0.05, 0.1) is 23.1 Å². The van der Waals surface area contributed by atoms with E-state index in [1.165, 1.54) is 18.2 Å². The Hall–Kier alpha value is -3.62. The van der Waals surface area contributed by atoms with E-state index in [9.17, 15) is 19.7 Å². The molecule has 0 radical (unpaired) electrons. The number of hydrogen-bond donors (Lipinski definition) is 1. The van der Waals surface area contributed by atoms with E-state index in [0.29, 0.717) is 23.5 Å². The highest BCUT2D eigenvalue weighted by atomic mass is 16.6. The van der Waals surface area contributed by atoms with Crippen molar-refractivity contribution < 1.29 is 18.9 Å². The second-order valence-electron chi connectivity index (χ2n) is 5.34. The monoisotopic (exact) mass is 357 g/mol. The summed E-state index contributed by atoms with van der Waals surface area (Å²) in [6.45, 7) is 1.79. The van der Waals surface area contributed by atoms with Gasteiger partial charge in [0.15, 0.2) is 5.58 Å². The van der Waals surface area contributed by atoms with E-state index in [-0.39, 0.29) is 17.9 Å². The topological polar surface area (TPSA) is 117 Å². The number of nitro benzene ring substituents is 1. The molecular formula is C17H15N3O6. The quantitative estimate of drug-likeness (QED) is 0.535. The van der Waals surface area contributed by atoms with Crippen LogP contribution in [0.25, 0.3) is 11.1 Å². The van der Waals surface area contributed by atoms with Gasteiger partial charge in [0.2, 0.25) is 5.91 Å². The number of nitro groups is 1. The number of carbonyl (C=O) groups is 1. The van der Waals surface area contributed by atoms with Gasteiger partial charge in [0, 0.05) is 0 Å². The Balaban J connectivity index is 1.85. The number of nitrogens with one attached hydrogen (secondary N) is 1. The lowest BCUT2D eigenvalue weighted by Gasteiger charge is -2.08. The zero-order valence-corrected chi connectivity index (χ0v) is 13.8. The molecule has 0 unspecified atom stereocenters. The van der Waals surface area contributed by atoms with E-state index >= 15 is 0 Å². The number of carbonyl (C=O) groups excluding carboxylic acids is 1. The molecule has 0 atom stereocenters. The van der Waals surface area contributed by atoms with Crippen molar-refractivity contribution in [1.82, 2.24) is 4.57 Å². The third-order valence-corrected chi connectivity index (χ3v) is 3.63. The first-order valence-electron chi connectivity index (χ1n) is 7.79. The third-order valence-electron chi connectivity index (χ3n) is 3.63. The Labute approximate surface area is 146 Å². The number of ether oxygens (including phenoxy) is 1. The molecule has 0 saturated carbocycles. The third kappa shape index (κ3) is 3.41. The van der Waals surface area contributed by atoms with Crippen molar-refractivity contribution in [2.24, 2.45) is 0 Å². The maximum Gasteiger partial charge on any atom is 0.420 e. The van der Waals surface area contributed by atoms with Crippen LogP contribution in [0, 0.1) is 10.1 Å². The maximum absolute atomic E-state index is 12.3. The molecule has 134 valence electrons. The zero-order chi connectivity index (χ0) is 18.7. The highest BCUT2D eigenvalue weighted by Crippen LogP contribution is 2.29. The number of amides is 1. The number of oxazole rings is 1. The minimum atomic E-state index is -0.678. The molecule has 9 heteroatoms. The zero-order valence-electron chi connectivity index (χ0n) is 13.8. The molecule has 2 aromatic carbocycles. The lowest BCUT2D eigenvalue weighted by molar-refractivity contribution is -0.384. The first-order chi connectivity index (χ1) is 12.5. The van der Waals surface area contributed by atoms with Crippen molar-refractivity contribution >= 4 is 28.4 Å². The lowest BCUT2D eigenvalue weighted by Crippen LogP contribution is -2.25. The van der Waals surface area contributed by atoms with E-state index in [0.717, 1.165) is 4.57 Å². The van der Waals surface area contributed by atoms with Crippen molar-refractivity contribution in [2.75, 3.05) is 11.9 Å². The molecule has 26 heavy (non-hydrogen) atoms. The summed E-state index contributed by atoms with van der Waals surface area (Å²) >= 11 is 0. The van der Waals surface area contributed by atoms with E-state index < -0.39 is 16.6 Å². The van der Waals surface area contributed by atoms with Crippen LogP contribution in [0.3, 0.4) is 0 Å².